The van der Waals surface area contributed by atoms with Gasteiger partial charge >= 0.3 is 0 Å². The Morgan fingerprint density at radius 1 is 1.00 bits per heavy atom. The third kappa shape index (κ3) is 4.06. The highest BCUT2D eigenvalue weighted by atomic mass is 16.6. The number of fused-ring (bicyclic) bond motifs is 1. The number of anilines is 4. The van der Waals surface area contributed by atoms with Crippen LogP contribution in [0.25, 0.3) is 10.8 Å². The van der Waals surface area contributed by atoms with Crippen molar-refractivity contribution in [1.29, 1.82) is 0 Å². The quantitative estimate of drug-likeness (QED) is 0.312. The first kappa shape index (κ1) is 20.0. The molecule has 0 aliphatic rings. The molecule has 1 N–H and O–H groups in total. The van der Waals surface area contributed by atoms with Crippen LogP contribution >= 0.6 is 0 Å². The van der Waals surface area contributed by atoms with E-state index in [1.54, 1.807) is 72.7 Å². The Morgan fingerprint density at radius 2 is 1.77 bits per heavy atom. The number of nitrogens with zero attached hydrogens (tertiary/aromatic N) is 3. The van der Waals surface area contributed by atoms with Gasteiger partial charge in [0.25, 0.3) is 5.69 Å². The fourth-order valence-corrected chi connectivity index (χ4v) is 3.48. The van der Waals surface area contributed by atoms with Crippen LogP contribution in [0.5, 0.6) is 0 Å². The zero-order valence-electron chi connectivity index (χ0n) is 16.9. The summed E-state index contributed by atoms with van der Waals surface area (Å²) in [5.74, 6) is -0.0566. The summed E-state index contributed by atoms with van der Waals surface area (Å²) in [5.41, 5.74) is 2.49. The number of carbonyl (C=O) groups excluding carboxylic acids is 1. The van der Waals surface area contributed by atoms with Gasteiger partial charge in [0.1, 0.15) is 5.69 Å². The largest absolute Gasteiger partial charge is 0.350 e. The first-order chi connectivity index (χ1) is 15.1. The minimum atomic E-state index is -0.372. The van der Waals surface area contributed by atoms with Crippen molar-refractivity contribution < 1.29 is 9.72 Å². The summed E-state index contributed by atoms with van der Waals surface area (Å²) in [6.45, 7) is 1.81. The van der Waals surface area contributed by atoms with Crippen LogP contribution in [0.15, 0.2) is 85.2 Å². The number of amides is 1. The number of hydrogen-bond acceptors (Lipinski definition) is 5. The van der Waals surface area contributed by atoms with Crippen LogP contribution in [0.1, 0.15) is 13.3 Å². The molecule has 0 saturated heterocycles. The van der Waals surface area contributed by atoms with Gasteiger partial charge in [0.15, 0.2) is 0 Å². The fourth-order valence-electron chi connectivity index (χ4n) is 3.48. The lowest BCUT2D eigenvalue weighted by atomic mass is 10.1. The molecule has 0 bridgehead atoms. The van der Waals surface area contributed by atoms with Crippen LogP contribution in [0.3, 0.4) is 0 Å². The number of pyridine rings is 1. The number of carbonyl (C=O) groups is 1. The number of aromatic nitrogens is 1. The van der Waals surface area contributed by atoms with Gasteiger partial charge in [-0.3, -0.25) is 24.8 Å². The van der Waals surface area contributed by atoms with Gasteiger partial charge in [-0.15, -0.1) is 0 Å². The molecule has 7 nitrogen and oxygen atoms in total. The van der Waals surface area contributed by atoms with Gasteiger partial charge in [-0.05, 0) is 53.9 Å². The van der Waals surface area contributed by atoms with Crippen LogP contribution in [0.2, 0.25) is 0 Å². The standard InChI is InChI=1S/C24H20N4O3/c1-2-23(29)27(20-7-5-15-25-16-20)19-12-10-18(11-13-19)26-22-14-9-17-6-3-4-8-21(17)24(22)28(30)31/h3-16,26H,2H2,1H3. The highest BCUT2D eigenvalue weighted by molar-refractivity contribution is 6.00. The van der Waals surface area contributed by atoms with E-state index in [1.807, 2.05) is 24.3 Å². The Labute approximate surface area is 179 Å². The molecule has 0 saturated carbocycles. The maximum Gasteiger partial charge on any atom is 0.300 e. The van der Waals surface area contributed by atoms with Gasteiger partial charge < -0.3 is 5.32 Å². The van der Waals surface area contributed by atoms with E-state index in [-0.39, 0.29) is 16.5 Å². The molecule has 31 heavy (non-hydrogen) atoms. The van der Waals surface area contributed by atoms with E-state index >= 15 is 0 Å². The summed E-state index contributed by atoms with van der Waals surface area (Å²) >= 11 is 0. The minimum Gasteiger partial charge on any atom is -0.350 e. The summed E-state index contributed by atoms with van der Waals surface area (Å²) in [7, 11) is 0. The van der Waals surface area contributed by atoms with E-state index in [1.165, 1.54) is 0 Å². The van der Waals surface area contributed by atoms with Crippen molar-refractivity contribution in [2.24, 2.45) is 0 Å². The second-order valence-corrected chi connectivity index (χ2v) is 6.91. The second kappa shape index (κ2) is 8.62. The zero-order valence-corrected chi connectivity index (χ0v) is 16.9. The number of nitrogens with one attached hydrogen (secondary N) is 1. The van der Waals surface area contributed by atoms with Crippen molar-refractivity contribution in [3.63, 3.8) is 0 Å². The topological polar surface area (TPSA) is 88.4 Å². The number of nitro groups is 1. The summed E-state index contributed by atoms with van der Waals surface area (Å²) in [4.78, 5) is 29.6. The lowest BCUT2D eigenvalue weighted by molar-refractivity contribution is -0.382. The minimum absolute atomic E-state index is 0.0281. The summed E-state index contributed by atoms with van der Waals surface area (Å²) in [5, 5.41) is 16.3. The van der Waals surface area contributed by atoms with Gasteiger partial charge in [-0.2, -0.15) is 0 Å². The van der Waals surface area contributed by atoms with Crippen LogP contribution in [-0.2, 0) is 4.79 Å². The van der Waals surface area contributed by atoms with Crippen molar-refractivity contribution >= 4 is 45.1 Å². The highest BCUT2D eigenvalue weighted by Crippen LogP contribution is 2.35. The summed E-state index contributed by atoms with van der Waals surface area (Å²) < 4.78 is 0. The predicted molar refractivity (Wildman–Crippen MR) is 122 cm³/mol. The Bertz CT molecular complexity index is 1240. The summed E-state index contributed by atoms with van der Waals surface area (Å²) in [6, 6.07) is 21.6. The first-order valence-electron chi connectivity index (χ1n) is 9.84. The molecule has 0 spiro atoms. The molecule has 0 fully saturated rings. The molecule has 1 heterocycles. The van der Waals surface area contributed by atoms with Crippen LogP contribution in [-0.4, -0.2) is 15.8 Å². The molecule has 0 atom stereocenters. The molecule has 1 aromatic heterocycles. The first-order valence-corrected chi connectivity index (χ1v) is 9.84. The fraction of sp³-hybridized carbons (Fsp3) is 0.0833. The van der Waals surface area contributed by atoms with Gasteiger partial charge in [-0.1, -0.05) is 31.2 Å². The van der Waals surface area contributed by atoms with Crippen LogP contribution in [0.4, 0.5) is 28.4 Å². The smallest absolute Gasteiger partial charge is 0.300 e. The molecule has 3 aromatic carbocycles. The van der Waals surface area contributed by atoms with Crippen LogP contribution < -0.4 is 10.2 Å². The maximum absolute atomic E-state index is 12.5. The number of benzene rings is 3. The Balaban J connectivity index is 1.67. The number of nitro benzene ring substituents is 1. The highest BCUT2D eigenvalue weighted by Gasteiger charge is 2.19. The lowest BCUT2D eigenvalue weighted by Crippen LogP contribution is -2.24. The molecule has 154 valence electrons. The van der Waals surface area contributed by atoms with Gasteiger partial charge in [0.2, 0.25) is 5.91 Å². The van der Waals surface area contributed by atoms with E-state index in [0.29, 0.717) is 34.6 Å². The molecule has 1 amide bonds. The predicted octanol–water partition coefficient (Wildman–Crippen LogP) is 5.96. The Kier molecular flexibility index (Phi) is 5.57. The maximum atomic E-state index is 12.5. The zero-order chi connectivity index (χ0) is 21.8. The molecule has 0 unspecified atom stereocenters. The normalized spacial score (nSPS) is 10.6. The molecular weight excluding hydrogens is 392 g/mol. The monoisotopic (exact) mass is 412 g/mol. The van der Waals surface area contributed by atoms with Crippen molar-refractivity contribution in [2.45, 2.75) is 13.3 Å². The molecule has 7 heteroatoms. The van der Waals surface area contributed by atoms with E-state index in [9.17, 15) is 14.9 Å². The molecule has 0 radical (unpaired) electrons. The Hall–Kier alpha value is -4.26. The third-order valence-corrected chi connectivity index (χ3v) is 4.94. The average Bonchev–Trinajstić information content (AvgIpc) is 2.80. The number of rotatable bonds is 6. The van der Waals surface area contributed by atoms with Gasteiger partial charge in [0, 0.05) is 24.0 Å². The SMILES string of the molecule is CCC(=O)N(c1ccc(Nc2ccc3ccccc3c2[N+](=O)[O-])cc1)c1cccnc1. The third-order valence-electron chi connectivity index (χ3n) is 4.94. The van der Waals surface area contributed by atoms with E-state index in [2.05, 4.69) is 10.3 Å². The van der Waals surface area contributed by atoms with Gasteiger partial charge in [0.05, 0.1) is 22.2 Å². The summed E-state index contributed by atoms with van der Waals surface area (Å²) in [6.07, 6.45) is 3.64. The van der Waals surface area contributed by atoms with Crippen molar-refractivity contribution in [3.05, 3.63) is 95.3 Å². The second-order valence-electron chi connectivity index (χ2n) is 6.91. The molecule has 0 aliphatic carbocycles. The molecule has 4 rings (SSSR count). The molecular formula is C24H20N4O3. The average molecular weight is 412 g/mol. The molecule has 4 aromatic rings. The lowest BCUT2D eigenvalue weighted by Gasteiger charge is -2.22. The number of hydrogen-bond donors (Lipinski definition) is 1. The Morgan fingerprint density at radius 3 is 2.45 bits per heavy atom. The van der Waals surface area contributed by atoms with Crippen molar-refractivity contribution in [2.75, 3.05) is 10.2 Å². The van der Waals surface area contributed by atoms with E-state index < -0.39 is 0 Å². The van der Waals surface area contributed by atoms with Crippen LogP contribution in [0, 0.1) is 10.1 Å². The van der Waals surface area contributed by atoms with Gasteiger partial charge in [-0.25, -0.2) is 0 Å². The molecule has 0 aliphatic heterocycles. The van der Waals surface area contributed by atoms with E-state index in [4.69, 9.17) is 0 Å². The van der Waals surface area contributed by atoms with E-state index in [0.717, 1.165) is 5.39 Å². The van der Waals surface area contributed by atoms with Crippen molar-refractivity contribution in [3.8, 4) is 0 Å². The van der Waals surface area contributed by atoms with Crippen molar-refractivity contribution in [1.82, 2.24) is 4.98 Å².